The van der Waals surface area contributed by atoms with Gasteiger partial charge in [-0.1, -0.05) is 0 Å². The summed E-state index contributed by atoms with van der Waals surface area (Å²) >= 11 is 3.02. The Bertz CT molecular complexity index is 693. The second kappa shape index (κ2) is 3.96. The van der Waals surface area contributed by atoms with E-state index in [4.69, 9.17) is 5.11 Å². The Labute approximate surface area is 103 Å². The smallest absolute Gasteiger partial charge is 0.336 e. The van der Waals surface area contributed by atoms with Gasteiger partial charge in [-0.25, -0.2) is 9.18 Å². The lowest BCUT2D eigenvalue weighted by Crippen LogP contribution is -2.19. The predicted molar refractivity (Wildman–Crippen MR) is 63.8 cm³/mol. The highest BCUT2D eigenvalue weighted by molar-refractivity contribution is 9.10. The van der Waals surface area contributed by atoms with Crippen molar-refractivity contribution in [1.82, 2.24) is 4.57 Å². The topological polar surface area (TPSA) is 59.3 Å². The lowest BCUT2D eigenvalue weighted by molar-refractivity contribution is 0.0698. The molecule has 1 aromatic carbocycles. The third kappa shape index (κ3) is 1.74. The normalized spacial score (nSPS) is 10.8. The second-order valence-electron chi connectivity index (χ2n) is 3.52. The maximum atomic E-state index is 13.4. The van der Waals surface area contributed by atoms with Gasteiger partial charge in [0.15, 0.2) is 0 Å². The number of aryl methyl sites for hydroxylation is 1. The highest BCUT2D eigenvalue weighted by Crippen LogP contribution is 2.27. The van der Waals surface area contributed by atoms with Gasteiger partial charge in [-0.2, -0.15) is 0 Å². The number of nitrogens with zero attached hydrogens (tertiary/aromatic N) is 1. The van der Waals surface area contributed by atoms with Crippen molar-refractivity contribution in [3.05, 3.63) is 44.4 Å². The Kier molecular flexibility index (Phi) is 2.74. The van der Waals surface area contributed by atoms with E-state index in [1.807, 2.05) is 0 Å². The predicted octanol–water partition coefficient (Wildman–Crippen LogP) is 2.14. The fourth-order valence-electron chi connectivity index (χ4n) is 1.67. The van der Waals surface area contributed by atoms with Crippen LogP contribution in [0.25, 0.3) is 10.9 Å². The van der Waals surface area contributed by atoms with E-state index in [-0.39, 0.29) is 15.6 Å². The van der Waals surface area contributed by atoms with Gasteiger partial charge in [0, 0.05) is 18.5 Å². The SMILES string of the molecule is Cn1c(=O)cc(C(=O)O)c2ccc(F)c(Br)c21. The molecule has 6 heteroatoms. The molecule has 0 fully saturated rings. The van der Waals surface area contributed by atoms with Gasteiger partial charge < -0.3 is 9.67 Å². The molecule has 4 nitrogen and oxygen atoms in total. The number of carboxylic acid groups (broad SMARTS) is 1. The van der Waals surface area contributed by atoms with E-state index in [1.165, 1.54) is 17.7 Å². The molecule has 0 saturated carbocycles. The molecule has 0 atom stereocenters. The van der Waals surface area contributed by atoms with Crippen molar-refractivity contribution in [3.8, 4) is 0 Å². The van der Waals surface area contributed by atoms with Gasteiger partial charge in [-0.3, -0.25) is 4.79 Å². The van der Waals surface area contributed by atoms with Gasteiger partial charge in [-0.15, -0.1) is 0 Å². The summed E-state index contributed by atoms with van der Waals surface area (Å²) in [5, 5.41) is 9.31. The number of benzene rings is 1. The maximum absolute atomic E-state index is 13.4. The number of rotatable bonds is 1. The molecule has 1 aromatic heterocycles. The highest BCUT2D eigenvalue weighted by atomic mass is 79.9. The van der Waals surface area contributed by atoms with Gasteiger partial charge in [0.05, 0.1) is 15.6 Å². The molecule has 0 bridgehead atoms. The Hall–Kier alpha value is -1.69. The lowest BCUT2D eigenvalue weighted by atomic mass is 10.1. The monoisotopic (exact) mass is 299 g/mol. The summed E-state index contributed by atoms with van der Waals surface area (Å²) < 4.78 is 14.7. The van der Waals surface area contributed by atoms with Crippen LogP contribution in [0.15, 0.2) is 27.5 Å². The summed E-state index contributed by atoms with van der Waals surface area (Å²) in [4.78, 5) is 22.6. The van der Waals surface area contributed by atoms with E-state index in [0.29, 0.717) is 5.39 Å². The fourth-order valence-corrected chi connectivity index (χ4v) is 2.28. The zero-order chi connectivity index (χ0) is 12.7. The summed E-state index contributed by atoms with van der Waals surface area (Å²) in [7, 11) is 1.46. The first-order chi connectivity index (χ1) is 7.93. The van der Waals surface area contributed by atoms with Gasteiger partial charge >= 0.3 is 5.97 Å². The Morgan fingerprint density at radius 2 is 2.12 bits per heavy atom. The van der Waals surface area contributed by atoms with Crippen LogP contribution >= 0.6 is 15.9 Å². The van der Waals surface area contributed by atoms with Crippen LogP contribution in [-0.4, -0.2) is 15.6 Å². The van der Waals surface area contributed by atoms with Crippen molar-refractivity contribution in [2.24, 2.45) is 7.05 Å². The summed E-state index contributed by atoms with van der Waals surface area (Å²) in [5.41, 5.74) is -0.403. The number of carboxylic acids is 1. The van der Waals surface area contributed by atoms with Crippen molar-refractivity contribution in [2.75, 3.05) is 0 Å². The minimum atomic E-state index is -1.22. The summed E-state index contributed by atoms with van der Waals surface area (Å²) in [6.07, 6.45) is 0. The molecule has 0 amide bonds. The van der Waals surface area contributed by atoms with Crippen LogP contribution in [0.4, 0.5) is 4.39 Å². The molecule has 17 heavy (non-hydrogen) atoms. The van der Waals surface area contributed by atoms with E-state index < -0.39 is 17.3 Å². The molecule has 88 valence electrons. The van der Waals surface area contributed by atoms with Gasteiger partial charge in [0.25, 0.3) is 5.56 Å². The molecule has 1 N–H and O–H groups in total. The maximum Gasteiger partial charge on any atom is 0.336 e. The average Bonchev–Trinajstić information content (AvgIpc) is 2.27. The highest BCUT2D eigenvalue weighted by Gasteiger charge is 2.16. The molecule has 0 aliphatic rings. The number of hydrogen-bond acceptors (Lipinski definition) is 2. The summed E-state index contributed by atoms with van der Waals surface area (Å²) in [6.45, 7) is 0. The molecule has 0 radical (unpaired) electrons. The Morgan fingerprint density at radius 3 is 2.71 bits per heavy atom. The van der Waals surface area contributed by atoms with Crippen molar-refractivity contribution >= 4 is 32.8 Å². The van der Waals surface area contributed by atoms with Gasteiger partial charge in [-0.05, 0) is 28.1 Å². The van der Waals surface area contributed by atoms with Crippen LogP contribution in [0.2, 0.25) is 0 Å². The molecule has 0 saturated heterocycles. The van der Waals surface area contributed by atoms with Crippen LogP contribution < -0.4 is 5.56 Å². The first-order valence-corrected chi connectivity index (χ1v) is 5.44. The molecule has 0 spiro atoms. The average molecular weight is 300 g/mol. The largest absolute Gasteiger partial charge is 0.478 e. The summed E-state index contributed by atoms with van der Waals surface area (Å²) in [6, 6.07) is 3.52. The quantitative estimate of drug-likeness (QED) is 0.877. The molecule has 1 heterocycles. The number of hydrogen-bond donors (Lipinski definition) is 1. The third-order valence-electron chi connectivity index (χ3n) is 2.52. The van der Waals surface area contributed by atoms with Gasteiger partial charge in [0.2, 0.25) is 0 Å². The molecule has 0 unspecified atom stereocenters. The van der Waals surface area contributed by atoms with Crippen molar-refractivity contribution in [2.45, 2.75) is 0 Å². The number of aromatic carboxylic acids is 1. The minimum absolute atomic E-state index is 0.0812. The fraction of sp³-hybridized carbons (Fsp3) is 0.0909. The van der Waals surface area contributed by atoms with Crippen LogP contribution in [0.3, 0.4) is 0 Å². The van der Waals surface area contributed by atoms with Crippen LogP contribution in [0.5, 0.6) is 0 Å². The van der Waals surface area contributed by atoms with Crippen LogP contribution in [0, 0.1) is 5.82 Å². The van der Waals surface area contributed by atoms with E-state index in [0.717, 1.165) is 12.1 Å². The van der Waals surface area contributed by atoms with E-state index in [9.17, 15) is 14.0 Å². The van der Waals surface area contributed by atoms with E-state index in [1.54, 1.807) is 0 Å². The number of carbonyl (C=O) groups is 1. The van der Waals surface area contributed by atoms with Crippen LogP contribution in [0.1, 0.15) is 10.4 Å². The molecular weight excluding hydrogens is 293 g/mol. The molecule has 2 rings (SSSR count). The van der Waals surface area contributed by atoms with Gasteiger partial charge in [0.1, 0.15) is 5.82 Å². The van der Waals surface area contributed by atoms with Crippen molar-refractivity contribution in [3.63, 3.8) is 0 Å². The van der Waals surface area contributed by atoms with Crippen LogP contribution in [-0.2, 0) is 7.05 Å². The minimum Gasteiger partial charge on any atom is -0.478 e. The van der Waals surface area contributed by atoms with Crippen molar-refractivity contribution in [1.29, 1.82) is 0 Å². The standard InChI is InChI=1S/C11H7BrFNO3/c1-14-8(15)4-6(11(16)17)5-2-3-7(13)9(12)10(5)14/h2-4H,1H3,(H,16,17). The zero-order valence-electron chi connectivity index (χ0n) is 8.70. The third-order valence-corrected chi connectivity index (χ3v) is 3.28. The summed E-state index contributed by atoms with van der Waals surface area (Å²) in [5.74, 6) is -1.76. The number of pyridine rings is 1. The number of halogens is 2. The second-order valence-corrected chi connectivity index (χ2v) is 4.31. The van der Waals surface area contributed by atoms with Crippen molar-refractivity contribution < 1.29 is 14.3 Å². The van der Waals surface area contributed by atoms with E-state index >= 15 is 0 Å². The number of aromatic nitrogens is 1. The molecule has 2 aromatic rings. The Morgan fingerprint density at radius 1 is 1.47 bits per heavy atom. The zero-order valence-corrected chi connectivity index (χ0v) is 10.3. The number of fused-ring (bicyclic) bond motifs is 1. The first-order valence-electron chi connectivity index (χ1n) is 4.64. The van der Waals surface area contributed by atoms with E-state index in [2.05, 4.69) is 15.9 Å². The molecule has 0 aliphatic heterocycles. The molecule has 0 aliphatic carbocycles. The molecular formula is C11H7BrFNO3. The Balaban J connectivity index is 3.09. The first kappa shape index (κ1) is 11.8. The lowest BCUT2D eigenvalue weighted by Gasteiger charge is -2.09.